The number of hydrogen-bond acceptors (Lipinski definition) is 3. The molecule has 0 saturated carbocycles. The maximum atomic E-state index is 11.6. The molecular formula is C13H18N2O3. The zero-order chi connectivity index (χ0) is 13.7. The van der Waals surface area contributed by atoms with E-state index in [0.29, 0.717) is 11.3 Å². The molecule has 0 spiro atoms. The summed E-state index contributed by atoms with van der Waals surface area (Å²) in [6.07, 6.45) is 0. The fourth-order valence-corrected chi connectivity index (χ4v) is 1.43. The monoisotopic (exact) mass is 250 g/mol. The molecule has 0 aliphatic carbocycles. The summed E-state index contributed by atoms with van der Waals surface area (Å²) in [5.41, 5.74) is 1.36. The largest absolute Gasteiger partial charge is 0.478 e. The van der Waals surface area contributed by atoms with Gasteiger partial charge in [0.2, 0.25) is 5.91 Å². The normalized spacial score (nSPS) is 10.4. The molecule has 0 aromatic heterocycles. The van der Waals surface area contributed by atoms with Crippen molar-refractivity contribution in [2.75, 3.05) is 11.9 Å². The van der Waals surface area contributed by atoms with Gasteiger partial charge in [-0.15, -0.1) is 0 Å². The average Bonchev–Trinajstić information content (AvgIpc) is 2.28. The van der Waals surface area contributed by atoms with E-state index in [-0.39, 0.29) is 24.1 Å². The van der Waals surface area contributed by atoms with Crippen LogP contribution in [0.3, 0.4) is 0 Å². The topological polar surface area (TPSA) is 78.4 Å². The van der Waals surface area contributed by atoms with Gasteiger partial charge in [0.1, 0.15) is 0 Å². The zero-order valence-corrected chi connectivity index (χ0v) is 10.8. The summed E-state index contributed by atoms with van der Waals surface area (Å²) in [7, 11) is 0. The molecule has 0 fully saturated rings. The molecule has 98 valence electrons. The van der Waals surface area contributed by atoms with Gasteiger partial charge >= 0.3 is 5.97 Å². The molecule has 0 unspecified atom stereocenters. The van der Waals surface area contributed by atoms with Gasteiger partial charge in [0.05, 0.1) is 12.1 Å². The van der Waals surface area contributed by atoms with Crippen molar-refractivity contribution in [2.24, 2.45) is 0 Å². The summed E-state index contributed by atoms with van der Waals surface area (Å²) < 4.78 is 0. The number of carboxylic acid groups (broad SMARTS) is 1. The number of carboxylic acids is 1. The van der Waals surface area contributed by atoms with Crippen LogP contribution in [-0.4, -0.2) is 29.6 Å². The van der Waals surface area contributed by atoms with E-state index in [9.17, 15) is 9.59 Å². The van der Waals surface area contributed by atoms with E-state index in [1.54, 1.807) is 19.1 Å². The molecule has 1 amide bonds. The predicted molar refractivity (Wildman–Crippen MR) is 69.9 cm³/mol. The van der Waals surface area contributed by atoms with E-state index < -0.39 is 5.97 Å². The molecule has 1 aromatic carbocycles. The van der Waals surface area contributed by atoms with Crippen LogP contribution in [0.15, 0.2) is 18.2 Å². The average molecular weight is 250 g/mol. The van der Waals surface area contributed by atoms with Crippen LogP contribution in [0.4, 0.5) is 5.69 Å². The summed E-state index contributed by atoms with van der Waals surface area (Å²) in [5.74, 6) is -1.19. The number of carbonyl (C=O) groups excluding carboxylic acids is 1. The lowest BCUT2D eigenvalue weighted by atomic mass is 10.1. The Hall–Kier alpha value is -1.88. The smallest absolute Gasteiger partial charge is 0.336 e. The maximum absolute atomic E-state index is 11.6. The molecule has 0 heterocycles. The Labute approximate surface area is 106 Å². The number of aryl methyl sites for hydroxylation is 1. The van der Waals surface area contributed by atoms with Gasteiger partial charge in [-0.1, -0.05) is 19.9 Å². The summed E-state index contributed by atoms with van der Waals surface area (Å²) in [6, 6.07) is 5.05. The highest BCUT2D eigenvalue weighted by Gasteiger charge is 2.09. The fraction of sp³-hybridized carbons (Fsp3) is 0.385. The quantitative estimate of drug-likeness (QED) is 0.742. The Balaban J connectivity index is 2.70. The second kappa shape index (κ2) is 6.16. The van der Waals surface area contributed by atoms with Crippen molar-refractivity contribution in [1.29, 1.82) is 0 Å². The van der Waals surface area contributed by atoms with Crippen LogP contribution in [0.1, 0.15) is 29.8 Å². The molecule has 5 heteroatoms. The zero-order valence-electron chi connectivity index (χ0n) is 10.8. The van der Waals surface area contributed by atoms with Gasteiger partial charge in [0, 0.05) is 11.7 Å². The van der Waals surface area contributed by atoms with Crippen LogP contribution in [0.5, 0.6) is 0 Å². The van der Waals surface area contributed by atoms with Gasteiger partial charge in [-0.25, -0.2) is 4.79 Å². The van der Waals surface area contributed by atoms with E-state index in [1.165, 1.54) is 6.07 Å². The van der Waals surface area contributed by atoms with Crippen molar-refractivity contribution in [3.8, 4) is 0 Å². The number of rotatable bonds is 5. The van der Waals surface area contributed by atoms with Crippen LogP contribution in [-0.2, 0) is 4.79 Å². The lowest BCUT2D eigenvalue weighted by Crippen LogP contribution is -2.32. The highest BCUT2D eigenvalue weighted by Crippen LogP contribution is 2.15. The van der Waals surface area contributed by atoms with Crippen molar-refractivity contribution in [3.63, 3.8) is 0 Å². The third-order valence-corrected chi connectivity index (χ3v) is 2.42. The minimum absolute atomic E-state index is 0.191. The summed E-state index contributed by atoms with van der Waals surface area (Å²) in [4.78, 5) is 22.5. The van der Waals surface area contributed by atoms with Gasteiger partial charge < -0.3 is 15.7 Å². The first-order chi connectivity index (χ1) is 8.40. The number of anilines is 1. The number of amides is 1. The molecule has 0 aliphatic rings. The maximum Gasteiger partial charge on any atom is 0.336 e. The summed E-state index contributed by atoms with van der Waals surface area (Å²) in [5, 5.41) is 14.6. The SMILES string of the molecule is Cc1ccc(NC(=O)CNC(C)C)cc1C(=O)O. The summed E-state index contributed by atoms with van der Waals surface area (Å²) in [6.45, 7) is 5.81. The Morgan fingerprint density at radius 2 is 2.00 bits per heavy atom. The molecule has 1 aromatic rings. The fourth-order valence-electron chi connectivity index (χ4n) is 1.43. The minimum Gasteiger partial charge on any atom is -0.478 e. The first-order valence-corrected chi connectivity index (χ1v) is 5.77. The van der Waals surface area contributed by atoms with E-state index in [1.807, 2.05) is 13.8 Å². The van der Waals surface area contributed by atoms with E-state index >= 15 is 0 Å². The van der Waals surface area contributed by atoms with Crippen LogP contribution >= 0.6 is 0 Å². The Morgan fingerprint density at radius 1 is 1.33 bits per heavy atom. The lowest BCUT2D eigenvalue weighted by molar-refractivity contribution is -0.115. The third kappa shape index (κ3) is 4.18. The molecule has 0 atom stereocenters. The highest BCUT2D eigenvalue weighted by molar-refractivity contribution is 5.95. The first-order valence-electron chi connectivity index (χ1n) is 5.77. The number of nitrogens with one attached hydrogen (secondary N) is 2. The molecule has 0 radical (unpaired) electrons. The Bertz CT molecular complexity index is 456. The van der Waals surface area contributed by atoms with E-state index in [4.69, 9.17) is 5.11 Å². The second-order valence-corrected chi connectivity index (χ2v) is 4.42. The molecule has 1 rings (SSSR count). The Kier molecular flexibility index (Phi) is 4.85. The van der Waals surface area contributed by atoms with Gasteiger partial charge in [-0.3, -0.25) is 4.79 Å². The first kappa shape index (κ1) is 14.2. The molecule has 5 nitrogen and oxygen atoms in total. The predicted octanol–water partition coefficient (Wildman–Crippen LogP) is 1.63. The molecule has 3 N–H and O–H groups in total. The van der Waals surface area contributed by atoms with Gasteiger partial charge in [-0.05, 0) is 24.6 Å². The lowest BCUT2D eigenvalue weighted by Gasteiger charge is -2.10. The molecule has 0 saturated heterocycles. The summed E-state index contributed by atoms with van der Waals surface area (Å²) >= 11 is 0. The van der Waals surface area contributed by atoms with Crippen LogP contribution < -0.4 is 10.6 Å². The number of hydrogen-bond donors (Lipinski definition) is 3. The number of aromatic carboxylic acids is 1. The minimum atomic E-state index is -0.996. The van der Waals surface area contributed by atoms with Crippen molar-refractivity contribution < 1.29 is 14.7 Å². The van der Waals surface area contributed by atoms with Gasteiger partial charge in [0.15, 0.2) is 0 Å². The van der Waals surface area contributed by atoms with E-state index in [2.05, 4.69) is 10.6 Å². The van der Waals surface area contributed by atoms with Crippen LogP contribution in [0, 0.1) is 6.92 Å². The number of benzene rings is 1. The van der Waals surface area contributed by atoms with E-state index in [0.717, 1.165) is 0 Å². The van der Waals surface area contributed by atoms with Crippen molar-refractivity contribution in [3.05, 3.63) is 29.3 Å². The molecule has 0 bridgehead atoms. The molecular weight excluding hydrogens is 232 g/mol. The van der Waals surface area contributed by atoms with Gasteiger partial charge in [0.25, 0.3) is 0 Å². The standard InChI is InChI=1S/C13H18N2O3/c1-8(2)14-7-12(16)15-10-5-4-9(3)11(6-10)13(17)18/h4-6,8,14H,7H2,1-3H3,(H,15,16)(H,17,18). The third-order valence-electron chi connectivity index (χ3n) is 2.42. The van der Waals surface area contributed by atoms with Crippen LogP contribution in [0.25, 0.3) is 0 Å². The van der Waals surface area contributed by atoms with Gasteiger partial charge in [-0.2, -0.15) is 0 Å². The van der Waals surface area contributed by atoms with Crippen molar-refractivity contribution in [2.45, 2.75) is 26.8 Å². The Morgan fingerprint density at radius 3 is 2.56 bits per heavy atom. The molecule has 18 heavy (non-hydrogen) atoms. The van der Waals surface area contributed by atoms with Crippen LogP contribution in [0.2, 0.25) is 0 Å². The molecule has 0 aliphatic heterocycles. The second-order valence-electron chi connectivity index (χ2n) is 4.42. The highest BCUT2D eigenvalue weighted by atomic mass is 16.4. The number of carbonyl (C=O) groups is 2. The van der Waals surface area contributed by atoms with Crippen molar-refractivity contribution in [1.82, 2.24) is 5.32 Å². The van der Waals surface area contributed by atoms with Crippen molar-refractivity contribution >= 4 is 17.6 Å².